The first-order chi connectivity index (χ1) is 9.11. The Morgan fingerprint density at radius 3 is 2.75 bits per heavy atom. The zero-order valence-corrected chi connectivity index (χ0v) is 15.3. The van der Waals surface area contributed by atoms with Crippen LogP contribution in [0.5, 0.6) is 0 Å². The highest BCUT2D eigenvalue weighted by molar-refractivity contribution is 14.0. The molecule has 1 aliphatic carbocycles. The lowest BCUT2D eigenvalue weighted by Crippen LogP contribution is -2.39. The van der Waals surface area contributed by atoms with Crippen LogP contribution in [-0.2, 0) is 13.6 Å². The molecule has 1 aromatic heterocycles. The van der Waals surface area contributed by atoms with Crippen molar-refractivity contribution in [3.05, 3.63) is 24.0 Å². The minimum atomic E-state index is 0. The summed E-state index contributed by atoms with van der Waals surface area (Å²) < 4.78 is 2.16. The summed E-state index contributed by atoms with van der Waals surface area (Å²) in [5.41, 5.74) is 1.30. The van der Waals surface area contributed by atoms with Gasteiger partial charge in [0.05, 0.1) is 6.54 Å². The average molecular weight is 390 g/mol. The minimum absolute atomic E-state index is 0. The maximum atomic E-state index is 4.76. The first kappa shape index (κ1) is 17.3. The Kier molecular flexibility index (Phi) is 6.85. The minimum Gasteiger partial charge on any atom is -0.357 e. The Bertz CT molecular complexity index is 441. The molecule has 1 N–H and O–H groups in total. The van der Waals surface area contributed by atoms with E-state index < -0.39 is 0 Å². The third-order valence-corrected chi connectivity index (χ3v) is 3.90. The van der Waals surface area contributed by atoms with E-state index in [1.807, 2.05) is 0 Å². The topological polar surface area (TPSA) is 32.6 Å². The molecule has 114 valence electrons. The van der Waals surface area contributed by atoms with Gasteiger partial charge in [0.1, 0.15) is 0 Å². The van der Waals surface area contributed by atoms with Crippen LogP contribution in [0.15, 0.2) is 23.3 Å². The second-order valence-electron chi connectivity index (χ2n) is 5.63. The van der Waals surface area contributed by atoms with E-state index in [1.165, 1.54) is 12.1 Å². The predicted octanol–water partition coefficient (Wildman–Crippen LogP) is 2.70. The van der Waals surface area contributed by atoms with E-state index >= 15 is 0 Å². The molecule has 1 heterocycles. The molecule has 0 aromatic carbocycles. The number of aliphatic imine (C=N–C) groups is 1. The Morgan fingerprint density at radius 1 is 1.55 bits per heavy atom. The Balaban J connectivity index is 0.00000200. The lowest BCUT2D eigenvalue weighted by atomic mass is 10.3. The molecule has 1 fully saturated rings. The Hall–Kier alpha value is -0.720. The van der Waals surface area contributed by atoms with Gasteiger partial charge < -0.3 is 14.8 Å². The Morgan fingerprint density at radius 2 is 2.25 bits per heavy atom. The first-order valence-electron chi connectivity index (χ1n) is 7.21. The van der Waals surface area contributed by atoms with Crippen LogP contribution < -0.4 is 5.32 Å². The highest BCUT2D eigenvalue weighted by Gasteiger charge is 2.32. The molecule has 4 nitrogen and oxygen atoms in total. The van der Waals surface area contributed by atoms with Crippen molar-refractivity contribution in [2.45, 2.75) is 26.8 Å². The van der Waals surface area contributed by atoms with E-state index in [0.717, 1.165) is 37.4 Å². The third-order valence-electron chi connectivity index (χ3n) is 3.90. The van der Waals surface area contributed by atoms with E-state index in [4.69, 9.17) is 4.99 Å². The largest absolute Gasteiger partial charge is 0.357 e. The van der Waals surface area contributed by atoms with Crippen LogP contribution in [0.2, 0.25) is 0 Å². The number of hydrogen-bond donors (Lipinski definition) is 1. The van der Waals surface area contributed by atoms with Crippen molar-refractivity contribution < 1.29 is 0 Å². The van der Waals surface area contributed by atoms with E-state index in [-0.39, 0.29) is 24.0 Å². The van der Waals surface area contributed by atoms with Gasteiger partial charge in [-0.2, -0.15) is 0 Å². The van der Waals surface area contributed by atoms with Crippen LogP contribution in [0.1, 0.15) is 26.0 Å². The number of guanidine groups is 1. The number of halogens is 1. The van der Waals surface area contributed by atoms with Gasteiger partial charge in [-0.1, -0.05) is 6.92 Å². The maximum Gasteiger partial charge on any atom is 0.194 e. The molecule has 1 aliphatic rings. The first-order valence-corrected chi connectivity index (χ1v) is 7.21. The Labute approximate surface area is 139 Å². The van der Waals surface area contributed by atoms with Crippen LogP contribution >= 0.6 is 24.0 Å². The summed E-state index contributed by atoms with van der Waals surface area (Å²) in [6, 6.07) is 4.24. The van der Waals surface area contributed by atoms with Gasteiger partial charge in [0, 0.05) is 39.1 Å². The van der Waals surface area contributed by atoms with Gasteiger partial charge in [0.2, 0.25) is 0 Å². The second kappa shape index (κ2) is 7.90. The standard InChI is InChI=1S/C15H26N4.HI/c1-5-16-15(17-10-13-9-12(13)2)19(4)11-14-7-6-8-18(14)3;/h6-8,12-13H,5,9-11H2,1-4H3,(H,16,17);1H. The maximum absolute atomic E-state index is 4.76. The van der Waals surface area contributed by atoms with Crippen molar-refractivity contribution in [2.24, 2.45) is 23.9 Å². The average Bonchev–Trinajstić information content (AvgIpc) is 2.94. The second-order valence-corrected chi connectivity index (χ2v) is 5.63. The van der Waals surface area contributed by atoms with Gasteiger partial charge in [0.15, 0.2) is 5.96 Å². The monoisotopic (exact) mass is 390 g/mol. The van der Waals surface area contributed by atoms with Crippen LogP contribution in [0.3, 0.4) is 0 Å². The molecule has 20 heavy (non-hydrogen) atoms. The molecule has 1 saturated carbocycles. The lowest BCUT2D eigenvalue weighted by molar-refractivity contribution is 0.461. The van der Waals surface area contributed by atoms with Crippen molar-refractivity contribution in [3.63, 3.8) is 0 Å². The fraction of sp³-hybridized carbons (Fsp3) is 0.667. The summed E-state index contributed by atoms with van der Waals surface area (Å²) >= 11 is 0. The molecule has 0 radical (unpaired) electrons. The molecule has 0 aliphatic heterocycles. The molecule has 0 amide bonds. The molecule has 0 saturated heterocycles. The summed E-state index contributed by atoms with van der Waals surface area (Å²) in [5.74, 6) is 2.68. The number of hydrogen-bond acceptors (Lipinski definition) is 1. The molecule has 2 atom stereocenters. The highest BCUT2D eigenvalue weighted by atomic mass is 127. The number of aromatic nitrogens is 1. The zero-order valence-electron chi connectivity index (χ0n) is 13.0. The molecule has 5 heteroatoms. The fourth-order valence-electron chi connectivity index (χ4n) is 2.31. The van der Waals surface area contributed by atoms with Crippen LogP contribution in [0.4, 0.5) is 0 Å². The molecule has 1 aromatic rings. The number of nitrogens with zero attached hydrogens (tertiary/aromatic N) is 3. The third kappa shape index (κ3) is 4.68. The van der Waals surface area contributed by atoms with Crippen molar-refractivity contribution in [3.8, 4) is 0 Å². The summed E-state index contributed by atoms with van der Waals surface area (Å²) in [7, 11) is 4.18. The van der Waals surface area contributed by atoms with Crippen LogP contribution in [0, 0.1) is 11.8 Å². The van der Waals surface area contributed by atoms with E-state index in [0.29, 0.717) is 0 Å². The smallest absolute Gasteiger partial charge is 0.194 e. The molecular weight excluding hydrogens is 363 g/mol. The van der Waals surface area contributed by atoms with Crippen LogP contribution in [-0.4, -0.2) is 35.6 Å². The van der Waals surface area contributed by atoms with Gasteiger partial charge >= 0.3 is 0 Å². The van der Waals surface area contributed by atoms with Gasteiger partial charge in [0.25, 0.3) is 0 Å². The van der Waals surface area contributed by atoms with Crippen molar-refractivity contribution in [2.75, 3.05) is 20.1 Å². The predicted molar refractivity (Wildman–Crippen MR) is 95.5 cm³/mol. The summed E-state index contributed by atoms with van der Waals surface area (Å²) in [4.78, 5) is 6.96. The zero-order chi connectivity index (χ0) is 13.8. The quantitative estimate of drug-likeness (QED) is 0.477. The van der Waals surface area contributed by atoms with Crippen LogP contribution in [0.25, 0.3) is 0 Å². The number of nitrogens with one attached hydrogen (secondary N) is 1. The molecule has 2 rings (SSSR count). The summed E-state index contributed by atoms with van der Waals surface area (Å²) in [6.07, 6.45) is 3.42. The van der Waals surface area contributed by atoms with E-state index in [2.05, 4.69) is 61.1 Å². The van der Waals surface area contributed by atoms with Gasteiger partial charge in [-0.15, -0.1) is 24.0 Å². The van der Waals surface area contributed by atoms with Gasteiger partial charge in [-0.3, -0.25) is 4.99 Å². The van der Waals surface area contributed by atoms with E-state index in [1.54, 1.807) is 0 Å². The molecular formula is C15H27IN4. The van der Waals surface area contributed by atoms with Gasteiger partial charge in [-0.25, -0.2) is 0 Å². The summed E-state index contributed by atoms with van der Waals surface area (Å²) in [6.45, 7) is 7.18. The van der Waals surface area contributed by atoms with Crippen molar-refractivity contribution >= 4 is 29.9 Å². The normalized spacial score (nSPS) is 21.3. The summed E-state index contributed by atoms with van der Waals surface area (Å²) in [5, 5.41) is 3.38. The molecule has 0 bridgehead atoms. The van der Waals surface area contributed by atoms with Gasteiger partial charge in [-0.05, 0) is 37.3 Å². The number of aryl methyl sites for hydroxylation is 1. The number of rotatable bonds is 5. The van der Waals surface area contributed by atoms with E-state index in [9.17, 15) is 0 Å². The van der Waals surface area contributed by atoms with Crippen molar-refractivity contribution in [1.29, 1.82) is 0 Å². The highest BCUT2D eigenvalue weighted by Crippen LogP contribution is 2.37. The molecule has 0 spiro atoms. The SMILES string of the molecule is CCNC(=NCC1CC1C)N(C)Cc1cccn1C.I. The fourth-order valence-corrected chi connectivity index (χ4v) is 2.31. The molecule has 2 unspecified atom stereocenters. The van der Waals surface area contributed by atoms with Crippen molar-refractivity contribution in [1.82, 2.24) is 14.8 Å². The lowest BCUT2D eigenvalue weighted by Gasteiger charge is -2.22.